The van der Waals surface area contributed by atoms with Crippen molar-refractivity contribution < 1.29 is 4.39 Å². The van der Waals surface area contributed by atoms with Crippen molar-refractivity contribution in [1.29, 1.82) is 0 Å². The van der Waals surface area contributed by atoms with E-state index in [0.717, 1.165) is 18.5 Å². The molecule has 1 nitrogen and oxygen atoms in total. The van der Waals surface area contributed by atoms with Crippen molar-refractivity contribution in [2.45, 2.75) is 39.7 Å². The molecule has 0 bridgehead atoms. The summed E-state index contributed by atoms with van der Waals surface area (Å²) in [5.41, 5.74) is 0.733. The normalized spacial score (nSPS) is 13.1. The van der Waals surface area contributed by atoms with Gasteiger partial charge in [-0.2, -0.15) is 0 Å². The first-order valence-electron chi connectivity index (χ1n) is 6.22. The highest BCUT2D eigenvalue weighted by molar-refractivity contribution is 6.30. The summed E-state index contributed by atoms with van der Waals surface area (Å²) >= 11 is 5.74. The van der Waals surface area contributed by atoms with Crippen LogP contribution in [0.4, 0.5) is 4.39 Å². The molecule has 1 aromatic carbocycles. The Morgan fingerprint density at radius 2 is 2.06 bits per heavy atom. The molecule has 1 unspecified atom stereocenters. The molecule has 1 rings (SSSR count). The molecule has 0 heterocycles. The molecule has 0 radical (unpaired) electrons. The Kier molecular flexibility index (Phi) is 5.93. The fourth-order valence-electron chi connectivity index (χ4n) is 1.80. The third-order valence-electron chi connectivity index (χ3n) is 2.92. The van der Waals surface area contributed by atoms with Crippen LogP contribution in [0.2, 0.25) is 5.02 Å². The number of benzene rings is 1. The van der Waals surface area contributed by atoms with E-state index >= 15 is 0 Å². The van der Waals surface area contributed by atoms with Gasteiger partial charge in [0.05, 0.1) is 0 Å². The fraction of sp³-hybridized carbons (Fsp3) is 0.571. The predicted molar refractivity (Wildman–Crippen MR) is 72.0 cm³/mol. The summed E-state index contributed by atoms with van der Waals surface area (Å²) in [6.07, 6.45) is 1.80. The molecule has 1 atom stereocenters. The fourth-order valence-corrected chi connectivity index (χ4v) is 1.96. The van der Waals surface area contributed by atoms with Crippen LogP contribution in [0.25, 0.3) is 0 Å². The van der Waals surface area contributed by atoms with Gasteiger partial charge in [-0.1, -0.05) is 38.4 Å². The molecule has 0 aromatic heterocycles. The molecular weight excluding hydrogens is 237 g/mol. The maximum absolute atomic E-state index is 13.7. The van der Waals surface area contributed by atoms with Gasteiger partial charge in [0.25, 0.3) is 0 Å². The second-order valence-corrected chi connectivity index (χ2v) is 5.18. The maximum Gasteiger partial charge on any atom is 0.127 e. The van der Waals surface area contributed by atoms with E-state index in [0.29, 0.717) is 23.4 Å². The van der Waals surface area contributed by atoms with Gasteiger partial charge in [-0.25, -0.2) is 4.39 Å². The van der Waals surface area contributed by atoms with Gasteiger partial charge in [-0.15, -0.1) is 0 Å². The minimum Gasteiger partial charge on any atom is -0.313 e. The van der Waals surface area contributed by atoms with E-state index in [4.69, 9.17) is 11.6 Å². The van der Waals surface area contributed by atoms with Gasteiger partial charge in [-0.05, 0) is 43.0 Å². The van der Waals surface area contributed by atoms with Gasteiger partial charge in [0.1, 0.15) is 5.82 Å². The van der Waals surface area contributed by atoms with E-state index in [2.05, 4.69) is 26.1 Å². The van der Waals surface area contributed by atoms with Crippen LogP contribution in [-0.4, -0.2) is 12.6 Å². The van der Waals surface area contributed by atoms with Gasteiger partial charge in [0, 0.05) is 11.1 Å². The average molecular weight is 258 g/mol. The van der Waals surface area contributed by atoms with E-state index in [1.54, 1.807) is 12.1 Å². The summed E-state index contributed by atoms with van der Waals surface area (Å²) in [5.74, 6) is 0.276. The summed E-state index contributed by atoms with van der Waals surface area (Å²) in [6.45, 7) is 7.41. The molecule has 3 heteroatoms. The van der Waals surface area contributed by atoms with Crippen molar-refractivity contribution in [2.24, 2.45) is 5.92 Å². The third-order valence-corrected chi connectivity index (χ3v) is 3.15. The van der Waals surface area contributed by atoms with Crippen molar-refractivity contribution in [2.75, 3.05) is 6.54 Å². The zero-order valence-electron chi connectivity index (χ0n) is 10.8. The number of nitrogens with one attached hydrogen (secondary N) is 1. The lowest BCUT2D eigenvalue weighted by atomic mass is 9.96. The first-order chi connectivity index (χ1) is 8.04. The highest BCUT2D eigenvalue weighted by atomic mass is 35.5. The summed E-state index contributed by atoms with van der Waals surface area (Å²) < 4.78 is 13.7. The number of hydrogen-bond acceptors (Lipinski definition) is 1. The van der Waals surface area contributed by atoms with Crippen molar-refractivity contribution >= 4 is 11.6 Å². The van der Waals surface area contributed by atoms with E-state index in [9.17, 15) is 4.39 Å². The monoisotopic (exact) mass is 257 g/mol. The van der Waals surface area contributed by atoms with Crippen molar-refractivity contribution in [3.05, 3.63) is 34.6 Å². The van der Waals surface area contributed by atoms with Crippen LogP contribution in [-0.2, 0) is 6.42 Å². The van der Waals surface area contributed by atoms with Crippen LogP contribution in [0, 0.1) is 11.7 Å². The van der Waals surface area contributed by atoms with Crippen LogP contribution in [0.3, 0.4) is 0 Å². The minimum absolute atomic E-state index is 0.207. The van der Waals surface area contributed by atoms with E-state index < -0.39 is 0 Å². The van der Waals surface area contributed by atoms with Gasteiger partial charge >= 0.3 is 0 Å². The first-order valence-corrected chi connectivity index (χ1v) is 6.59. The lowest BCUT2D eigenvalue weighted by molar-refractivity contribution is 0.392. The maximum atomic E-state index is 13.7. The molecule has 0 saturated carbocycles. The highest BCUT2D eigenvalue weighted by Crippen LogP contribution is 2.18. The smallest absolute Gasteiger partial charge is 0.127 e. The second kappa shape index (κ2) is 6.97. The molecule has 0 spiro atoms. The topological polar surface area (TPSA) is 12.0 Å². The summed E-state index contributed by atoms with van der Waals surface area (Å²) in [7, 11) is 0. The molecule has 1 aromatic rings. The number of halogens is 2. The summed E-state index contributed by atoms with van der Waals surface area (Å²) in [5, 5.41) is 3.91. The molecule has 0 saturated heterocycles. The highest BCUT2D eigenvalue weighted by Gasteiger charge is 2.15. The molecule has 96 valence electrons. The van der Waals surface area contributed by atoms with Crippen LogP contribution in [0.5, 0.6) is 0 Å². The standard InChI is InChI=1S/C14H21ClFN/c1-4-7-17-14(10(2)3)8-11-5-6-12(15)9-13(11)16/h5-6,9-10,14,17H,4,7-8H2,1-3H3. The molecular formula is C14H21ClFN. The minimum atomic E-state index is -0.207. The quantitative estimate of drug-likeness (QED) is 0.811. The van der Waals surface area contributed by atoms with E-state index in [-0.39, 0.29) is 5.82 Å². The SMILES string of the molecule is CCCNC(Cc1ccc(Cl)cc1F)C(C)C. The van der Waals surface area contributed by atoms with Crippen molar-refractivity contribution in [1.82, 2.24) is 5.32 Å². The van der Waals surface area contributed by atoms with E-state index in [1.165, 1.54) is 6.07 Å². The molecule has 1 N–H and O–H groups in total. The van der Waals surface area contributed by atoms with Gasteiger partial charge in [0.2, 0.25) is 0 Å². The predicted octanol–water partition coefficient (Wildman–Crippen LogP) is 4.05. The molecule has 0 aliphatic heterocycles. The Balaban J connectivity index is 2.71. The molecule has 0 fully saturated rings. The Hall–Kier alpha value is -0.600. The third kappa shape index (κ3) is 4.64. The Labute approximate surface area is 108 Å². The Bertz CT molecular complexity index is 352. The first kappa shape index (κ1) is 14.5. The molecule has 0 amide bonds. The summed E-state index contributed by atoms with van der Waals surface area (Å²) in [4.78, 5) is 0. The van der Waals surface area contributed by atoms with Gasteiger partial charge in [0.15, 0.2) is 0 Å². The molecule has 0 aliphatic carbocycles. The number of hydrogen-bond donors (Lipinski definition) is 1. The zero-order chi connectivity index (χ0) is 12.8. The lowest BCUT2D eigenvalue weighted by Gasteiger charge is -2.22. The second-order valence-electron chi connectivity index (χ2n) is 4.74. The van der Waals surface area contributed by atoms with Crippen LogP contribution in [0.1, 0.15) is 32.8 Å². The molecule has 17 heavy (non-hydrogen) atoms. The lowest BCUT2D eigenvalue weighted by Crippen LogP contribution is -2.36. The Morgan fingerprint density at radius 1 is 1.35 bits per heavy atom. The Morgan fingerprint density at radius 3 is 2.59 bits per heavy atom. The van der Waals surface area contributed by atoms with E-state index in [1.807, 2.05) is 0 Å². The average Bonchev–Trinajstić information content (AvgIpc) is 2.26. The van der Waals surface area contributed by atoms with Crippen molar-refractivity contribution in [3.8, 4) is 0 Å². The van der Waals surface area contributed by atoms with Gasteiger partial charge in [-0.3, -0.25) is 0 Å². The van der Waals surface area contributed by atoms with Crippen LogP contribution < -0.4 is 5.32 Å². The summed E-state index contributed by atoms with van der Waals surface area (Å²) in [6, 6.07) is 5.22. The van der Waals surface area contributed by atoms with Gasteiger partial charge < -0.3 is 5.32 Å². The largest absolute Gasteiger partial charge is 0.313 e. The van der Waals surface area contributed by atoms with Crippen LogP contribution in [0.15, 0.2) is 18.2 Å². The number of rotatable bonds is 6. The zero-order valence-corrected chi connectivity index (χ0v) is 11.5. The molecule has 0 aliphatic rings. The van der Waals surface area contributed by atoms with Crippen LogP contribution >= 0.6 is 11.6 Å². The van der Waals surface area contributed by atoms with Crippen molar-refractivity contribution in [3.63, 3.8) is 0 Å².